The Bertz CT molecular complexity index is 1240. The fourth-order valence-electron chi connectivity index (χ4n) is 3.19. The fourth-order valence-corrected chi connectivity index (χ4v) is 4.07. The number of benzene rings is 3. The van der Waals surface area contributed by atoms with Crippen LogP contribution < -0.4 is 14.9 Å². The summed E-state index contributed by atoms with van der Waals surface area (Å²) < 4.78 is 26.0. The van der Waals surface area contributed by atoms with E-state index in [-0.39, 0.29) is 18.4 Å². The van der Waals surface area contributed by atoms with Gasteiger partial charge in [0.1, 0.15) is 0 Å². The molecule has 8 heteroatoms. The predicted molar refractivity (Wildman–Crippen MR) is 127 cm³/mol. The number of aryl methyl sites for hydroxylation is 1. The van der Waals surface area contributed by atoms with Crippen LogP contribution >= 0.6 is 0 Å². The van der Waals surface area contributed by atoms with Gasteiger partial charge in [-0.1, -0.05) is 30.3 Å². The molecular weight excluding hydrogens is 426 g/mol. The third kappa shape index (κ3) is 6.18. The first-order valence-corrected chi connectivity index (χ1v) is 11.8. The Kier molecular flexibility index (Phi) is 6.95. The average molecular weight is 452 g/mol. The van der Waals surface area contributed by atoms with Crippen molar-refractivity contribution in [3.05, 3.63) is 89.5 Å². The number of sulfonamides is 1. The highest BCUT2D eigenvalue weighted by Gasteiger charge is 2.18. The van der Waals surface area contributed by atoms with Crippen LogP contribution in [0.3, 0.4) is 0 Å². The minimum Gasteiger partial charge on any atom is -0.326 e. The molecule has 3 rings (SSSR count). The number of carbonyl (C=O) groups is 2. The van der Waals surface area contributed by atoms with Crippen LogP contribution in [-0.4, -0.2) is 26.5 Å². The summed E-state index contributed by atoms with van der Waals surface area (Å²) in [7, 11) is -3.49. The molecule has 32 heavy (non-hydrogen) atoms. The number of nitrogens with zero attached hydrogens (tertiary/aromatic N) is 1. The Hall–Kier alpha value is -3.65. The molecule has 0 spiro atoms. The third-order valence-electron chi connectivity index (χ3n) is 4.67. The van der Waals surface area contributed by atoms with Gasteiger partial charge in [0.15, 0.2) is 0 Å². The van der Waals surface area contributed by atoms with E-state index in [1.165, 1.54) is 17.5 Å². The zero-order valence-electron chi connectivity index (χ0n) is 18.1. The quantitative estimate of drug-likeness (QED) is 0.564. The smallest absolute Gasteiger partial charge is 0.255 e. The van der Waals surface area contributed by atoms with Gasteiger partial charge in [0.2, 0.25) is 15.9 Å². The van der Waals surface area contributed by atoms with Gasteiger partial charge in [0.25, 0.3) is 5.91 Å². The van der Waals surface area contributed by atoms with Crippen LogP contribution in [0, 0.1) is 6.92 Å². The average Bonchev–Trinajstić information content (AvgIpc) is 2.71. The van der Waals surface area contributed by atoms with Crippen LogP contribution in [0.25, 0.3) is 0 Å². The SMILES string of the molecule is CC(=O)Nc1cccc(NC(=O)c2ccc(CN(c3cccc(C)c3)S(C)(=O)=O)cc2)c1. The minimum absolute atomic E-state index is 0.156. The maximum absolute atomic E-state index is 12.6. The summed E-state index contributed by atoms with van der Waals surface area (Å²) in [5.41, 5.74) is 3.87. The zero-order valence-corrected chi connectivity index (χ0v) is 18.9. The van der Waals surface area contributed by atoms with Crippen molar-refractivity contribution in [1.29, 1.82) is 0 Å². The number of hydrogen-bond donors (Lipinski definition) is 2. The van der Waals surface area contributed by atoms with Crippen LogP contribution in [0.2, 0.25) is 0 Å². The molecule has 0 fully saturated rings. The maximum atomic E-state index is 12.6. The Morgan fingerprint density at radius 1 is 0.875 bits per heavy atom. The second-order valence-electron chi connectivity index (χ2n) is 7.52. The van der Waals surface area contributed by atoms with E-state index in [1.807, 2.05) is 25.1 Å². The summed E-state index contributed by atoms with van der Waals surface area (Å²) in [6.45, 7) is 3.48. The van der Waals surface area contributed by atoms with E-state index >= 15 is 0 Å². The van der Waals surface area contributed by atoms with E-state index in [0.29, 0.717) is 22.6 Å². The Labute approximate surface area is 188 Å². The molecule has 2 N–H and O–H groups in total. The van der Waals surface area contributed by atoms with E-state index in [9.17, 15) is 18.0 Å². The lowest BCUT2D eigenvalue weighted by molar-refractivity contribution is -0.114. The van der Waals surface area contributed by atoms with Gasteiger partial charge in [0, 0.05) is 23.9 Å². The molecule has 0 aromatic heterocycles. The van der Waals surface area contributed by atoms with Gasteiger partial charge >= 0.3 is 0 Å². The van der Waals surface area contributed by atoms with Crippen LogP contribution in [0.15, 0.2) is 72.8 Å². The Morgan fingerprint density at radius 3 is 2.09 bits per heavy atom. The summed E-state index contributed by atoms with van der Waals surface area (Å²) in [6.07, 6.45) is 1.17. The first-order chi connectivity index (χ1) is 15.1. The summed E-state index contributed by atoms with van der Waals surface area (Å²) in [5.74, 6) is -0.506. The van der Waals surface area contributed by atoms with Gasteiger partial charge in [-0.05, 0) is 60.5 Å². The van der Waals surface area contributed by atoms with Gasteiger partial charge in [-0.3, -0.25) is 13.9 Å². The molecule has 0 aliphatic carbocycles. The molecule has 7 nitrogen and oxygen atoms in total. The van der Waals surface area contributed by atoms with Crippen molar-refractivity contribution in [2.24, 2.45) is 0 Å². The van der Waals surface area contributed by atoms with E-state index in [2.05, 4.69) is 10.6 Å². The second-order valence-corrected chi connectivity index (χ2v) is 9.43. The third-order valence-corrected chi connectivity index (χ3v) is 5.81. The normalized spacial score (nSPS) is 11.0. The van der Waals surface area contributed by atoms with Gasteiger partial charge in [-0.2, -0.15) is 0 Å². The molecule has 0 bridgehead atoms. The topological polar surface area (TPSA) is 95.6 Å². The van der Waals surface area contributed by atoms with Gasteiger partial charge in [0.05, 0.1) is 18.5 Å². The standard InChI is InChI=1S/C24H25N3O4S/c1-17-6-4-9-23(14-17)27(32(3,30)31)16-19-10-12-20(13-11-19)24(29)26-22-8-5-7-21(15-22)25-18(2)28/h4-15H,16H2,1-3H3,(H,25,28)(H,26,29). The van der Waals surface area contributed by atoms with E-state index in [4.69, 9.17) is 0 Å². The number of nitrogens with one attached hydrogen (secondary N) is 2. The Morgan fingerprint density at radius 2 is 1.50 bits per heavy atom. The molecule has 0 aliphatic heterocycles. The summed E-state index contributed by atoms with van der Waals surface area (Å²) in [6, 6.07) is 20.9. The fraction of sp³-hybridized carbons (Fsp3) is 0.167. The number of rotatable bonds is 7. The molecule has 0 saturated heterocycles. The molecule has 0 atom stereocenters. The summed E-state index contributed by atoms with van der Waals surface area (Å²) in [4.78, 5) is 23.8. The lowest BCUT2D eigenvalue weighted by Crippen LogP contribution is -2.29. The lowest BCUT2D eigenvalue weighted by Gasteiger charge is -2.23. The van der Waals surface area contributed by atoms with Crippen LogP contribution in [-0.2, 0) is 21.4 Å². The zero-order chi connectivity index (χ0) is 23.3. The molecule has 0 radical (unpaired) electrons. The van der Waals surface area contributed by atoms with Gasteiger partial charge in [-0.25, -0.2) is 8.42 Å². The number of anilines is 3. The van der Waals surface area contributed by atoms with Crippen LogP contribution in [0.5, 0.6) is 0 Å². The highest BCUT2D eigenvalue weighted by atomic mass is 32.2. The maximum Gasteiger partial charge on any atom is 0.255 e. The molecule has 0 unspecified atom stereocenters. The molecule has 3 aromatic carbocycles. The van der Waals surface area contributed by atoms with Crippen molar-refractivity contribution in [3.63, 3.8) is 0 Å². The Balaban J connectivity index is 1.74. The van der Waals surface area contributed by atoms with E-state index in [1.54, 1.807) is 54.6 Å². The highest BCUT2D eigenvalue weighted by Crippen LogP contribution is 2.22. The predicted octanol–water partition coefficient (Wildman–Crippen LogP) is 4.17. The molecule has 166 valence electrons. The molecule has 0 aliphatic rings. The molecule has 0 saturated carbocycles. The van der Waals surface area contributed by atoms with Crippen molar-refractivity contribution in [2.45, 2.75) is 20.4 Å². The van der Waals surface area contributed by atoms with E-state index < -0.39 is 10.0 Å². The lowest BCUT2D eigenvalue weighted by atomic mass is 10.1. The van der Waals surface area contributed by atoms with Gasteiger partial charge < -0.3 is 10.6 Å². The first kappa shape index (κ1) is 23.0. The van der Waals surface area contributed by atoms with Crippen molar-refractivity contribution in [2.75, 3.05) is 21.2 Å². The van der Waals surface area contributed by atoms with Crippen molar-refractivity contribution in [1.82, 2.24) is 0 Å². The van der Waals surface area contributed by atoms with Crippen molar-refractivity contribution < 1.29 is 18.0 Å². The second kappa shape index (κ2) is 9.65. The van der Waals surface area contributed by atoms with Crippen molar-refractivity contribution in [3.8, 4) is 0 Å². The van der Waals surface area contributed by atoms with Crippen LogP contribution in [0.4, 0.5) is 17.1 Å². The first-order valence-electron chi connectivity index (χ1n) is 9.94. The van der Waals surface area contributed by atoms with Crippen molar-refractivity contribution >= 4 is 38.9 Å². The molecule has 2 amide bonds. The molecule has 0 heterocycles. The monoisotopic (exact) mass is 451 g/mol. The summed E-state index contributed by atoms with van der Waals surface area (Å²) in [5, 5.41) is 5.46. The van der Waals surface area contributed by atoms with E-state index in [0.717, 1.165) is 11.1 Å². The van der Waals surface area contributed by atoms with Gasteiger partial charge in [-0.15, -0.1) is 0 Å². The number of carbonyl (C=O) groups excluding carboxylic acids is 2. The number of hydrogen-bond acceptors (Lipinski definition) is 4. The molecular formula is C24H25N3O4S. The molecule has 3 aromatic rings. The minimum atomic E-state index is -3.49. The van der Waals surface area contributed by atoms with Crippen LogP contribution in [0.1, 0.15) is 28.4 Å². The highest BCUT2D eigenvalue weighted by molar-refractivity contribution is 7.92. The largest absolute Gasteiger partial charge is 0.326 e. The number of amides is 2. The summed E-state index contributed by atoms with van der Waals surface area (Å²) >= 11 is 0.